The molecule has 2 aromatic rings. The number of H-pyrrole nitrogens is 1. The Morgan fingerprint density at radius 1 is 1.31 bits per heavy atom. The summed E-state index contributed by atoms with van der Waals surface area (Å²) >= 11 is 0. The number of amides is 2. The topological polar surface area (TPSA) is 91.2 Å². The Hall–Kier alpha value is -2.05. The maximum atomic E-state index is 12.7. The van der Waals surface area contributed by atoms with Gasteiger partial charge in [0.1, 0.15) is 0 Å². The van der Waals surface area contributed by atoms with Gasteiger partial charge in [0.2, 0.25) is 11.8 Å². The number of benzene rings is 1. The fourth-order valence-electron chi connectivity index (χ4n) is 3.50. The van der Waals surface area contributed by atoms with E-state index in [2.05, 4.69) is 10.3 Å². The van der Waals surface area contributed by atoms with E-state index in [1.807, 2.05) is 35.4 Å². The van der Waals surface area contributed by atoms with Gasteiger partial charge in [-0.05, 0) is 36.8 Å². The average Bonchev–Trinajstić information content (AvgIpc) is 3.03. The average molecular weight is 379 g/mol. The Balaban J connectivity index is 0.00000243. The largest absolute Gasteiger partial charge is 0.361 e. The van der Waals surface area contributed by atoms with Gasteiger partial charge >= 0.3 is 0 Å². The fourth-order valence-corrected chi connectivity index (χ4v) is 3.50. The molecule has 1 fully saturated rings. The Morgan fingerprint density at radius 2 is 2.00 bits per heavy atom. The number of halogens is 1. The van der Waals surface area contributed by atoms with Gasteiger partial charge in [-0.2, -0.15) is 0 Å². The second kappa shape index (κ2) is 9.05. The number of carbonyl (C=O) groups is 2. The van der Waals surface area contributed by atoms with Gasteiger partial charge < -0.3 is 20.9 Å². The lowest BCUT2D eigenvalue weighted by Gasteiger charge is -2.33. The Morgan fingerprint density at radius 3 is 2.69 bits per heavy atom. The number of nitrogens with one attached hydrogen (secondary N) is 2. The highest BCUT2D eigenvalue weighted by atomic mass is 35.5. The van der Waals surface area contributed by atoms with E-state index in [1.165, 1.54) is 6.92 Å². The van der Waals surface area contributed by atoms with Crippen molar-refractivity contribution in [3.8, 4) is 0 Å². The van der Waals surface area contributed by atoms with E-state index < -0.39 is 6.04 Å². The van der Waals surface area contributed by atoms with Gasteiger partial charge in [0.25, 0.3) is 0 Å². The minimum absolute atomic E-state index is 0. The Kier molecular flexibility index (Phi) is 7.06. The molecule has 6 nitrogen and oxygen atoms in total. The van der Waals surface area contributed by atoms with Crippen molar-refractivity contribution < 1.29 is 9.59 Å². The number of aromatic nitrogens is 1. The molecule has 1 saturated heterocycles. The van der Waals surface area contributed by atoms with Crippen molar-refractivity contribution in [2.45, 2.75) is 32.2 Å². The maximum Gasteiger partial charge on any atom is 0.239 e. The summed E-state index contributed by atoms with van der Waals surface area (Å²) < 4.78 is 0. The highest BCUT2D eigenvalue weighted by Crippen LogP contribution is 2.21. The van der Waals surface area contributed by atoms with Gasteiger partial charge in [-0.3, -0.25) is 9.59 Å². The van der Waals surface area contributed by atoms with Crippen LogP contribution in [-0.2, 0) is 16.0 Å². The van der Waals surface area contributed by atoms with Crippen LogP contribution in [0.15, 0.2) is 30.5 Å². The third-order valence-electron chi connectivity index (χ3n) is 5.00. The molecule has 0 radical (unpaired) electrons. The molecule has 0 bridgehead atoms. The normalized spacial score (nSPS) is 16.2. The summed E-state index contributed by atoms with van der Waals surface area (Å²) in [4.78, 5) is 28.7. The molecular formula is C19H27ClN4O2. The zero-order valence-electron chi connectivity index (χ0n) is 15.0. The van der Waals surface area contributed by atoms with Crippen molar-refractivity contribution >= 4 is 35.1 Å². The summed E-state index contributed by atoms with van der Waals surface area (Å²) in [5.41, 5.74) is 8.35. The summed E-state index contributed by atoms with van der Waals surface area (Å²) in [7, 11) is 0. The molecule has 4 N–H and O–H groups in total. The molecule has 2 heterocycles. The lowest BCUT2D eigenvalue weighted by Crippen LogP contribution is -2.48. The summed E-state index contributed by atoms with van der Waals surface area (Å²) in [6, 6.07) is 7.52. The molecule has 1 aliphatic heterocycles. The minimum atomic E-state index is -0.522. The summed E-state index contributed by atoms with van der Waals surface area (Å²) in [5, 5.41) is 3.98. The molecular weight excluding hydrogens is 352 g/mol. The van der Waals surface area contributed by atoms with Crippen molar-refractivity contribution in [1.82, 2.24) is 15.2 Å². The second-order valence-electron chi connectivity index (χ2n) is 6.88. The number of likely N-dealkylation sites (tertiary alicyclic amines) is 1. The number of rotatable bonds is 5. The third-order valence-corrected chi connectivity index (χ3v) is 5.00. The SMILES string of the molecule is CC(=O)NCC1CCN(C(=O)[C@@H](N)Cc2c[nH]c3ccccc23)CC1.Cl. The van der Waals surface area contributed by atoms with Gasteiger partial charge in [-0.1, -0.05) is 18.2 Å². The van der Waals surface area contributed by atoms with Crippen LogP contribution >= 0.6 is 12.4 Å². The van der Waals surface area contributed by atoms with Crippen LogP contribution in [0.2, 0.25) is 0 Å². The predicted octanol–water partition coefficient (Wildman–Crippen LogP) is 1.83. The van der Waals surface area contributed by atoms with Crippen LogP contribution in [-0.4, -0.2) is 47.4 Å². The molecule has 0 saturated carbocycles. The van der Waals surface area contributed by atoms with E-state index in [9.17, 15) is 9.59 Å². The first-order valence-corrected chi connectivity index (χ1v) is 8.88. The Labute approximate surface area is 159 Å². The van der Waals surface area contributed by atoms with Crippen LogP contribution in [0.3, 0.4) is 0 Å². The van der Waals surface area contributed by atoms with Crippen LogP contribution in [0.25, 0.3) is 10.9 Å². The fraction of sp³-hybridized carbons (Fsp3) is 0.474. The summed E-state index contributed by atoms with van der Waals surface area (Å²) in [6.45, 7) is 3.65. The summed E-state index contributed by atoms with van der Waals surface area (Å²) in [5.74, 6) is 0.459. The zero-order valence-corrected chi connectivity index (χ0v) is 15.8. The molecule has 7 heteroatoms. The third kappa shape index (κ3) is 4.77. The molecule has 142 valence electrons. The Bertz CT molecular complexity index is 753. The molecule has 1 aromatic heterocycles. The van der Waals surface area contributed by atoms with Crippen LogP contribution < -0.4 is 11.1 Å². The first-order valence-electron chi connectivity index (χ1n) is 8.88. The lowest BCUT2D eigenvalue weighted by atomic mass is 9.95. The quantitative estimate of drug-likeness (QED) is 0.741. The van der Waals surface area contributed by atoms with Crippen molar-refractivity contribution in [2.24, 2.45) is 11.7 Å². The van der Waals surface area contributed by atoms with Gasteiger partial charge in [-0.15, -0.1) is 12.4 Å². The number of fused-ring (bicyclic) bond motifs is 1. The van der Waals surface area contributed by atoms with Crippen molar-refractivity contribution in [3.05, 3.63) is 36.0 Å². The molecule has 0 unspecified atom stereocenters. The van der Waals surface area contributed by atoms with Crippen LogP contribution in [0, 0.1) is 5.92 Å². The number of hydrogen-bond acceptors (Lipinski definition) is 3. The number of nitrogens with zero attached hydrogens (tertiary/aromatic N) is 1. The number of nitrogens with two attached hydrogens (primary N) is 1. The van der Waals surface area contributed by atoms with Crippen LogP contribution in [0.4, 0.5) is 0 Å². The standard InChI is InChI=1S/C19H26N4O2.ClH/c1-13(24)21-11-14-6-8-23(9-7-14)19(25)17(20)10-15-12-22-18-5-3-2-4-16(15)18;/h2-5,12,14,17,22H,6-11,20H2,1H3,(H,21,24);1H/t17-;/m0./s1. The molecule has 0 spiro atoms. The van der Waals surface area contributed by atoms with E-state index in [0.29, 0.717) is 32.0 Å². The molecule has 2 amide bonds. The van der Waals surface area contributed by atoms with Gasteiger partial charge in [0.15, 0.2) is 0 Å². The van der Waals surface area contributed by atoms with Crippen LogP contribution in [0.5, 0.6) is 0 Å². The number of hydrogen-bond donors (Lipinski definition) is 3. The smallest absolute Gasteiger partial charge is 0.239 e. The molecule has 1 aromatic carbocycles. The van der Waals surface area contributed by atoms with E-state index >= 15 is 0 Å². The van der Waals surface area contributed by atoms with Gasteiger partial charge in [0.05, 0.1) is 6.04 Å². The first kappa shape index (κ1) is 20.3. The zero-order chi connectivity index (χ0) is 17.8. The highest BCUT2D eigenvalue weighted by Gasteiger charge is 2.26. The second-order valence-corrected chi connectivity index (χ2v) is 6.88. The monoisotopic (exact) mass is 378 g/mol. The number of piperidine rings is 1. The van der Waals surface area contributed by atoms with Crippen molar-refractivity contribution in [3.63, 3.8) is 0 Å². The molecule has 1 atom stereocenters. The number of para-hydroxylation sites is 1. The van der Waals surface area contributed by atoms with E-state index in [4.69, 9.17) is 5.73 Å². The van der Waals surface area contributed by atoms with Gasteiger partial charge in [-0.25, -0.2) is 0 Å². The van der Waals surface area contributed by atoms with Crippen molar-refractivity contribution in [1.29, 1.82) is 0 Å². The molecule has 26 heavy (non-hydrogen) atoms. The molecule has 3 rings (SSSR count). The van der Waals surface area contributed by atoms with Crippen molar-refractivity contribution in [2.75, 3.05) is 19.6 Å². The van der Waals surface area contributed by atoms with E-state index in [-0.39, 0.29) is 24.2 Å². The summed E-state index contributed by atoms with van der Waals surface area (Å²) in [6.07, 6.45) is 4.30. The van der Waals surface area contributed by atoms with Crippen LogP contribution in [0.1, 0.15) is 25.3 Å². The molecule has 1 aliphatic rings. The molecule has 0 aliphatic carbocycles. The minimum Gasteiger partial charge on any atom is -0.361 e. The number of aromatic amines is 1. The lowest BCUT2D eigenvalue weighted by molar-refractivity contribution is -0.134. The maximum absolute atomic E-state index is 12.7. The van der Waals surface area contributed by atoms with E-state index in [1.54, 1.807) is 0 Å². The highest BCUT2D eigenvalue weighted by molar-refractivity contribution is 5.86. The van der Waals surface area contributed by atoms with E-state index in [0.717, 1.165) is 29.3 Å². The number of carbonyl (C=O) groups excluding carboxylic acids is 2. The predicted molar refractivity (Wildman–Crippen MR) is 105 cm³/mol. The first-order chi connectivity index (χ1) is 12.0. The van der Waals surface area contributed by atoms with Gasteiger partial charge in [0, 0.05) is 43.7 Å².